The number of unbranched alkanes of at least 4 members (excludes halogenated alkanes) is 3. The van der Waals surface area contributed by atoms with E-state index in [1.54, 1.807) is 6.08 Å². The van der Waals surface area contributed by atoms with Crippen molar-refractivity contribution in [3.63, 3.8) is 0 Å². The van der Waals surface area contributed by atoms with E-state index in [2.05, 4.69) is 19.6 Å². The molecule has 0 saturated heterocycles. The van der Waals surface area contributed by atoms with E-state index in [9.17, 15) is 4.79 Å². The van der Waals surface area contributed by atoms with E-state index < -0.39 is 0 Å². The second-order valence-electron chi connectivity index (χ2n) is 3.60. The lowest BCUT2D eigenvalue weighted by Gasteiger charge is -2.10. The van der Waals surface area contributed by atoms with Gasteiger partial charge in [0.15, 0.2) is 0 Å². The first-order valence-electron chi connectivity index (χ1n) is 5.65. The molecule has 0 amide bonds. The third kappa shape index (κ3) is 9.26. The van der Waals surface area contributed by atoms with E-state index >= 15 is 0 Å². The third-order valence-electron chi connectivity index (χ3n) is 2.04. The van der Waals surface area contributed by atoms with E-state index in [0.717, 1.165) is 6.42 Å². The summed E-state index contributed by atoms with van der Waals surface area (Å²) in [6, 6.07) is 0. The second-order valence-corrected chi connectivity index (χ2v) is 3.60. The molecule has 0 aromatic heterocycles. The van der Waals surface area contributed by atoms with Crippen molar-refractivity contribution in [3.8, 4) is 0 Å². The monoisotopic (exact) mass is 210 g/mol. The maximum Gasteiger partial charge on any atom is 0.303 e. The van der Waals surface area contributed by atoms with Gasteiger partial charge >= 0.3 is 5.97 Å². The fourth-order valence-electron chi connectivity index (χ4n) is 1.30. The lowest BCUT2D eigenvalue weighted by molar-refractivity contribution is -0.143. The molecular formula is C13H22O2. The number of ether oxygens (including phenoxy) is 1. The molecule has 0 aromatic rings. The summed E-state index contributed by atoms with van der Waals surface area (Å²) in [4.78, 5) is 10.8. The zero-order chi connectivity index (χ0) is 11.5. The largest absolute Gasteiger partial charge is 0.458 e. The van der Waals surface area contributed by atoms with Crippen molar-refractivity contribution in [1.29, 1.82) is 0 Å². The minimum atomic E-state index is -0.236. The highest BCUT2D eigenvalue weighted by molar-refractivity contribution is 5.66. The summed E-state index contributed by atoms with van der Waals surface area (Å²) >= 11 is 0. The van der Waals surface area contributed by atoms with E-state index in [4.69, 9.17) is 4.74 Å². The third-order valence-corrected chi connectivity index (χ3v) is 2.04. The van der Waals surface area contributed by atoms with Gasteiger partial charge in [-0.3, -0.25) is 4.79 Å². The average molecular weight is 210 g/mol. The van der Waals surface area contributed by atoms with Crippen molar-refractivity contribution < 1.29 is 9.53 Å². The highest BCUT2D eigenvalue weighted by atomic mass is 16.5. The summed E-state index contributed by atoms with van der Waals surface area (Å²) in [6.45, 7) is 7.26. The molecule has 2 heteroatoms. The second kappa shape index (κ2) is 9.50. The fraction of sp³-hybridized carbons (Fsp3) is 0.615. The molecule has 1 atom stereocenters. The number of carbonyl (C=O) groups excluding carboxylic acids is 1. The van der Waals surface area contributed by atoms with Gasteiger partial charge in [0.1, 0.15) is 6.10 Å². The predicted octanol–water partition coefficient (Wildman–Crippen LogP) is 3.63. The molecule has 0 bridgehead atoms. The fourth-order valence-corrected chi connectivity index (χ4v) is 1.30. The van der Waals surface area contributed by atoms with Crippen LogP contribution in [0.25, 0.3) is 0 Å². The minimum absolute atomic E-state index is 0.137. The standard InChI is InChI=1S/C13H22O2/c1-4-6-7-8-9-11-13(10-5-2)15-12(3)14/h5,9,11,13H,2,4,6-8,10H2,1,3H3. The average Bonchev–Trinajstić information content (AvgIpc) is 2.17. The molecule has 0 saturated carbocycles. The zero-order valence-corrected chi connectivity index (χ0v) is 9.87. The molecule has 0 aliphatic rings. The molecule has 15 heavy (non-hydrogen) atoms. The Hall–Kier alpha value is -1.05. The van der Waals surface area contributed by atoms with Crippen molar-refractivity contribution in [3.05, 3.63) is 24.8 Å². The molecular weight excluding hydrogens is 188 g/mol. The van der Waals surface area contributed by atoms with Crippen LogP contribution in [-0.4, -0.2) is 12.1 Å². The number of rotatable bonds is 8. The van der Waals surface area contributed by atoms with E-state index in [1.807, 2.05) is 6.08 Å². The van der Waals surface area contributed by atoms with Crippen LogP contribution < -0.4 is 0 Å². The van der Waals surface area contributed by atoms with Gasteiger partial charge in [0.2, 0.25) is 0 Å². The molecule has 0 spiro atoms. The summed E-state index contributed by atoms with van der Waals surface area (Å²) in [7, 11) is 0. The Morgan fingerprint density at radius 2 is 2.20 bits per heavy atom. The Labute approximate surface area is 93.0 Å². The van der Waals surface area contributed by atoms with Gasteiger partial charge < -0.3 is 4.74 Å². The number of hydrogen-bond acceptors (Lipinski definition) is 2. The Balaban J connectivity index is 3.81. The summed E-state index contributed by atoms with van der Waals surface area (Å²) in [5.41, 5.74) is 0. The Morgan fingerprint density at radius 3 is 2.73 bits per heavy atom. The minimum Gasteiger partial charge on any atom is -0.458 e. The van der Waals surface area contributed by atoms with Crippen molar-refractivity contribution >= 4 is 5.97 Å². The van der Waals surface area contributed by atoms with Gasteiger partial charge in [-0.05, 0) is 18.9 Å². The number of carbonyl (C=O) groups is 1. The zero-order valence-electron chi connectivity index (χ0n) is 9.87. The van der Waals surface area contributed by atoms with E-state index in [-0.39, 0.29) is 12.1 Å². The summed E-state index contributed by atoms with van der Waals surface area (Å²) in [5, 5.41) is 0. The van der Waals surface area contributed by atoms with Crippen LogP contribution in [0.4, 0.5) is 0 Å². The van der Waals surface area contributed by atoms with Crippen LogP contribution in [-0.2, 0) is 9.53 Å². The number of hydrogen-bond donors (Lipinski definition) is 0. The molecule has 0 radical (unpaired) electrons. The number of esters is 1. The van der Waals surface area contributed by atoms with Crippen molar-refractivity contribution in [2.24, 2.45) is 0 Å². The van der Waals surface area contributed by atoms with Crippen LogP contribution in [0.15, 0.2) is 24.8 Å². The maximum atomic E-state index is 10.8. The van der Waals surface area contributed by atoms with Gasteiger partial charge in [-0.15, -0.1) is 6.58 Å². The molecule has 0 N–H and O–H groups in total. The van der Waals surface area contributed by atoms with Crippen LogP contribution >= 0.6 is 0 Å². The van der Waals surface area contributed by atoms with Gasteiger partial charge in [0, 0.05) is 13.3 Å². The van der Waals surface area contributed by atoms with Crippen molar-refractivity contribution in [2.75, 3.05) is 0 Å². The number of allylic oxidation sites excluding steroid dienone is 1. The van der Waals surface area contributed by atoms with Crippen LogP contribution in [0.5, 0.6) is 0 Å². The highest BCUT2D eigenvalue weighted by Gasteiger charge is 2.04. The predicted molar refractivity (Wildman–Crippen MR) is 63.7 cm³/mol. The SMILES string of the molecule is C=CCC(C=CCCCCC)OC(C)=O. The first-order chi connectivity index (χ1) is 7.20. The van der Waals surface area contributed by atoms with Gasteiger partial charge in [0.25, 0.3) is 0 Å². The van der Waals surface area contributed by atoms with Gasteiger partial charge in [0.05, 0.1) is 0 Å². The first kappa shape index (κ1) is 13.9. The molecule has 0 fully saturated rings. The Bertz CT molecular complexity index is 207. The highest BCUT2D eigenvalue weighted by Crippen LogP contribution is 2.05. The molecule has 0 heterocycles. The maximum absolute atomic E-state index is 10.8. The molecule has 0 aromatic carbocycles. The van der Waals surface area contributed by atoms with E-state index in [0.29, 0.717) is 6.42 Å². The molecule has 0 rings (SSSR count). The van der Waals surface area contributed by atoms with Crippen LogP contribution in [0.3, 0.4) is 0 Å². The lowest BCUT2D eigenvalue weighted by atomic mass is 10.1. The van der Waals surface area contributed by atoms with Gasteiger partial charge in [-0.2, -0.15) is 0 Å². The lowest BCUT2D eigenvalue weighted by Crippen LogP contribution is -2.12. The van der Waals surface area contributed by atoms with Crippen molar-refractivity contribution in [1.82, 2.24) is 0 Å². The van der Waals surface area contributed by atoms with Crippen LogP contribution in [0.2, 0.25) is 0 Å². The van der Waals surface area contributed by atoms with Gasteiger partial charge in [-0.1, -0.05) is 31.9 Å². The first-order valence-corrected chi connectivity index (χ1v) is 5.65. The molecule has 2 nitrogen and oxygen atoms in total. The summed E-state index contributed by atoms with van der Waals surface area (Å²) in [5.74, 6) is -0.236. The quantitative estimate of drug-likeness (QED) is 0.347. The Kier molecular flexibility index (Phi) is 8.84. The molecule has 0 aliphatic heterocycles. The van der Waals surface area contributed by atoms with E-state index in [1.165, 1.54) is 26.2 Å². The summed E-state index contributed by atoms with van der Waals surface area (Å²) < 4.78 is 5.10. The van der Waals surface area contributed by atoms with Crippen LogP contribution in [0.1, 0.15) is 46.0 Å². The smallest absolute Gasteiger partial charge is 0.303 e. The topological polar surface area (TPSA) is 26.3 Å². The molecule has 86 valence electrons. The Morgan fingerprint density at radius 1 is 1.47 bits per heavy atom. The van der Waals surface area contributed by atoms with Crippen LogP contribution in [0, 0.1) is 0 Å². The summed E-state index contributed by atoms with van der Waals surface area (Å²) in [6.07, 6.45) is 11.1. The van der Waals surface area contributed by atoms with Gasteiger partial charge in [-0.25, -0.2) is 0 Å². The molecule has 1 unspecified atom stereocenters. The van der Waals surface area contributed by atoms with Crippen molar-refractivity contribution in [2.45, 2.75) is 52.1 Å². The molecule has 0 aliphatic carbocycles. The normalized spacial score (nSPS) is 12.7.